The molecule has 390 valence electrons. The van der Waals surface area contributed by atoms with Crippen molar-refractivity contribution < 1.29 is 89.1 Å². The first-order valence-electron chi connectivity index (χ1n) is 23.6. The quantitative estimate of drug-likeness (QED) is 0.175. The van der Waals surface area contributed by atoms with Gasteiger partial charge in [-0.3, -0.25) is 14.4 Å². The molecule has 3 rings (SSSR count). The Morgan fingerprint density at radius 2 is 1.25 bits per heavy atom. The standard InChI is InChI=1S/C50H77NO18/c1-29-19-17-15-13-11-9-7-8-10-12-14-16-18-20-37(68-49-47(62)44(51-33(5)52)46(61)32(4)67-49)26-41-43(48(63)65-6)40(58)28-50(64,69-41)27-36(55)24-39(57)38(56)22-21-34(53)23-35(54)25-42(59)66-31(3)30(2)45(29)60/h7-20,29-32,34-41,43-47,49,53-58,60-62,64H,21-28H2,1-6H3,(H,51,52)/b8-7+,11-9+,12-10+,15-13+,16-14+,19-17-,20-18+. The van der Waals surface area contributed by atoms with E-state index in [-0.39, 0.29) is 31.6 Å². The summed E-state index contributed by atoms with van der Waals surface area (Å²) in [4.78, 5) is 37.8. The lowest BCUT2D eigenvalue weighted by Gasteiger charge is -2.45. The monoisotopic (exact) mass is 980 g/mol. The SMILES string of the molecule is COC(=O)C1C(O)CC2(O)CC(O)CC(O)C(O)CCC(O)CC(O)CC(=O)OC(C)C(C)C(O)C(C)\C=C/C=C/C=C/C=C/C=C/C=C/C=C/C(OC3OC(C)C(O)C(NC(C)=O)C3O)CC1O2. The summed E-state index contributed by atoms with van der Waals surface area (Å²) in [5, 5.41) is 112. The molecule has 11 N–H and O–H groups in total. The molecule has 0 aromatic carbocycles. The van der Waals surface area contributed by atoms with Gasteiger partial charge in [-0.05, 0) is 33.1 Å². The molecule has 19 atom stereocenters. The first-order valence-corrected chi connectivity index (χ1v) is 23.6. The number of amides is 1. The molecule has 19 heteroatoms. The Hall–Kier alpha value is -3.93. The van der Waals surface area contributed by atoms with E-state index in [9.17, 15) is 65.4 Å². The van der Waals surface area contributed by atoms with Crippen molar-refractivity contribution in [3.8, 4) is 0 Å². The number of methoxy groups -OCH3 is 1. The van der Waals surface area contributed by atoms with Crippen LogP contribution in [0.25, 0.3) is 0 Å². The fourth-order valence-electron chi connectivity index (χ4n) is 8.46. The van der Waals surface area contributed by atoms with Crippen molar-refractivity contribution >= 4 is 17.8 Å². The number of esters is 2. The smallest absolute Gasteiger partial charge is 0.313 e. The van der Waals surface area contributed by atoms with E-state index in [1.54, 1.807) is 74.6 Å². The van der Waals surface area contributed by atoms with Gasteiger partial charge >= 0.3 is 11.9 Å². The van der Waals surface area contributed by atoms with Crippen molar-refractivity contribution in [3.63, 3.8) is 0 Å². The molecule has 0 aliphatic carbocycles. The molecule has 2 bridgehead atoms. The van der Waals surface area contributed by atoms with Crippen molar-refractivity contribution in [1.29, 1.82) is 0 Å². The lowest BCUT2D eigenvalue weighted by Crippen LogP contribution is -2.64. The van der Waals surface area contributed by atoms with Crippen LogP contribution in [0.5, 0.6) is 0 Å². The van der Waals surface area contributed by atoms with E-state index in [4.69, 9.17) is 23.7 Å². The lowest BCUT2D eigenvalue weighted by atomic mass is 9.82. The highest BCUT2D eigenvalue weighted by molar-refractivity contribution is 5.74. The fraction of sp³-hybridized carbons (Fsp3) is 0.660. The zero-order valence-electron chi connectivity index (χ0n) is 40.4. The maximum atomic E-state index is 13.1. The van der Waals surface area contributed by atoms with E-state index in [1.807, 2.05) is 25.2 Å². The molecular weight excluding hydrogens is 903 g/mol. The van der Waals surface area contributed by atoms with Gasteiger partial charge in [0, 0.05) is 44.4 Å². The Bertz CT molecular complexity index is 1800. The van der Waals surface area contributed by atoms with Crippen LogP contribution < -0.4 is 5.32 Å². The molecule has 2 fully saturated rings. The molecule has 0 aromatic heterocycles. The van der Waals surface area contributed by atoms with Gasteiger partial charge in [0.1, 0.15) is 24.2 Å². The van der Waals surface area contributed by atoms with E-state index in [1.165, 1.54) is 19.9 Å². The predicted molar refractivity (Wildman–Crippen MR) is 251 cm³/mol. The van der Waals surface area contributed by atoms with Crippen LogP contribution in [0.2, 0.25) is 0 Å². The molecule has 0 spiro atoms. The molecule has 3 aliphatic heterocycles. The normalized spacial score (nSPS) is 43.4. The minimum atomic E-state index is -2.30. The van der Waals surface area contributed by atoms with Gasteiger partial charge in [-0.2, -0.15) is 0 Å². The van der Waals surface area contributed by atoms with Crippen LogP contribution in [0.4, 0.5) is 0 Å². The van der Waals surface area contributed by atoms with Gasteiger partial charge in [0.15, 0.2) is 12.1 Å². The van der Waals surface area contributed by atoms with Crippen molar-refractivity contribution in [3.05, 3.63) is 85.1 Å². The van der Waals surface area contributed by atoms with Gasteiger partial charge in [0.05, 0.1) is 80.6 Å². The predicted octanol–water partition coefficient (Wildman–Crippen LogP) is 0.978. The van der Waals surface area contributed by atoms with Gasteiger partial charge in [-0.15, -0.1) is 0 Å². The van der Waals surface area contributed by atoms with Crippen LogP contribution in [0.15, 0.2) is 85.1 Å². The van der Waals surface area contributed by atoms with Crippen LogP contribution in [0.3, 0.4) is 0 Å². The third-order valence-electron chi connectivity index (χ3n) is 12.5. The number of carbonyl (C=O) groups excluding carboxylic acids is 3. The number of cyclic esters (lactones) is 1. The number of fused-ring (bicyclic) bond motifs is 2. The Kier molecular flexibility index (Phi) is 25.3. The summed E-state index contributed by atoms with van der Waals surface area (Å²) in [6.45, 7) is 7.95. The zero-order chi connectivity index (χ0) is 51.4. The number of hydrogen-bond acceptors (Lipinski definition) is 18. The Balaban J connectivity index is 1.92. The van der Waals surface area contributed by atoms with Crippen LogP contribution in [-0.2, 0) is 38.1 Å². The molecule has 2 saturated heterocycles. The summed E-state index contributed by atoms with van der Waals surface area (Å²) in [5.41, 5.74) is 0. The van der Waals surface area contributed by atoms with Crippen molar-refractivity contribution in [2.75, 3.05) is 7.11 Å². The number of rotatable bonds is 4. The van der Waals surface area contributed by atoms with Gasteiger partial charge in [0.25, 0.3) is 0 Å². The van der Waals surface area contributed by atoms with Crippen LogP contribution >= 0.6 is 0 Å². The van der Waals surface area contributed by atoms with Crippen molar-refractivity contribution in [2.45, 2.75) is 183 Å². The van der Waals surface area contributed by atoms with Gasteiger partial charge in [-0.1, -0.05) is 98.9 Å². The highest BCUT2D eigenvalue weighted by atomic mass is 16.7. The van der Waals surface area contributed by atoms with Crippen molar-refractivity contribution in [1.82, 2.24) is 5.32 Å². The van der Waals surface area contributed by atoms with Crippen LogP contribution in [0, 0.1) is 17.8 Å². The molecule has 0 radical (unpaired) electrons. The Morgan fingerprint density at radius 3 is 1.83 bits per heavy atom. The summed E-state index contributed by atoms with van der Waals surface area (Å²) in [5.74, 6) is -6.58. The van der Waals surface area contributed by atoms with Gasteiger partial charge < -0.3 is 80.1 Å². The van der Waals surface area contributed by atoms with E-state index in [2.05, 4.69) is 5.32 Å². The summed E-state index contributed by atoms with van der Waals surface area (Å²) < 4.78 is 28.6. The number of aliphatic hydroxyl groups excluding tert-OH is 9. The third-order valence-corrected chi connectivity index (χ3v) is 12.5. The molecule has 0 aromatic rings. The maximum absolute atomic E-state index is 13.1. The summed E-state index contributed by atoms with van der Waals surface area (Å²) in [6, 6.07) is -1.19. The second-order valence-corrected chi connectivity index (χ2v) is 18.4. The topological polar surface area (TPSA) is 312 Å². The minimum absolute atomic E-state index is 0.107. The average Bonchev–Trinajstić information content (AvgIpc) is 3.26. The maximum Gasteiger partial charge on any atom is 0.313 e. The van der Waals surface area contributed by atoms with Gasteiger partial charge in [0.2, 0.25) is 5.91 Å². The summed E-state index contributed by atoms with van der Waals surface area (Å²) in [6.07, 6.45) is 3.52. The third kappa shape index (κ3) is 20.0. The number of carbonyl (C=O) groups is 3. The van der Waals surface area contributed by atoms with Gasteiger partial charge in [-0.25, -0.2) is 0 Å². The van der Waals surface area contributed by atoms with E-state index >= 15 is 0 Å². The highest BCUT2D eigenvalue weighted by Gasteiger charge is 2.51. The zero-order valence-corrected chi connectivity index (χ0v) is 40.4. The summed E-state index contributed by atoms with van der Waals surface area (Å²) >= 11 is 0. The highest BCUT2D eigenvalue weighted by Crippen LogP contribution is 2.38. The largest absolute Gasteiger partial charge is 0.469 e. The minimum Gasteiger partial charge on any atom is -0.469 e. The molecule has 3 heterocycles. The summed E-state index contributed by atoms with van der Waals surface area (Å²) in [7, 11) is 1.10. The van der Waals surface area contributed by atoms with E-state index < -0.39 is 153 Å². The number of hydrogen-bond donors (Lipinski definition) is 11. The molecule has 0 saturated carbocycles. The number of nitrogens with one attached hydrogen (secondary N) is 1. The molecular formula is C50H77NO18. The first kappa shape index (κ1) is 59.4. The number of aliphatic hydroxyl groups is 10. The second kappa shape index (κ2) is 29.4. The average molecular weight is 980 g/mol. The fourth-order valence-corrected chi connectivity index (χ4v) is 8.46. The molecule has 19 nitrogen and oxygen atoms in total. The lowest BCUT2D eigenvalue weighted by molar-refractivity contribution is -0.309. The molecule has 19 unspecified atom stereocenters. The Labute approximate surface area is 404 Å². The first-order chi connectivity index (χ1) is 32.5. The second-order valence-electron chi connectivity index (χ2n) is 18.4. The van der Waals surface area contributed by atoms with E-state index in [0.29, 0.717) is 0 Å². The Morgan fingerprint density at radius 1 is 0.667 bits per heavy atom. The van der Waals surface area contributed by atoms with Crippen LogP contribution in [0.1, 0.15) is 86.0 Å². The van der Waals surface area contributed by atoms with E-state index in [0.717, 1.165) is 7.11 Å². The van der Waals surface area contributed by atoms with Crippen LogP contribution in [-0.4, -0.2) is 173 Å². The molecule has 69 heavy (non-hydrogen) atoms. The number of allylic oxidation sites excluding steroid dienone is 12. The van der Waals surface area contributed by atoms with Crippen molar-refractivity contribution in [2.24, 2.45) is 17.8 Å². The number of ether oxygens (including phenoxy) is 5. The molecule has 3 aliphatic rings. The molecule has 1 amide bonds.